The summed E-state index contributed by atoms with van der Waals surface area (Å²) in [4.78, 5) is 39.9. The van der Waals surface area contributed by atoms with Crippen molar-refractivity contribution in [3.05, 3.63) is 23.8 Å². The number of ether oxygens (including phenoxy) is 3. The van der Waals surface area contributed by atoms with E-state index >= 15 is 0 Å². The number of hydrogen-bond donors (Lipinski definition) is 1. The van der Waals surface area contributed by atoms with Gasteiger partial charge >= 0.3 is 12.1 Å². The molecule has 1 aromatic rings. The number of β-lactam (4-membered cyclic amide) rings is 1. The number of carboxylic acid groups (broad SMARTS) is 1. The molecule has 0 unspecified atom stereocenters. The van der Waals surface area contributed by atoms with Crippen molar-refractivity contribution < 1.29 is 33.7 Å². The van der Waals surface area contributed by atoms with E-state index in [0.717, 1.165) is 5.56 Å². The maximum Gasteiger partial charge on any atom is 0.411 e. The van der Waals surface area contributed by atoms with Crippen LogP contribution in [0.4, 0.5) is 4.79 Å². The minimum Gasteiger partial charge on any atom is -0.493 e. The summed E-state index contributed by atoms with van der Waals surface area (Å²) >= 11 is 0. The summed E-state index contributed by atoms with van der Waals surface area (Å²) < 4.78 is 16.0. The highest BCUT2D eigenvalue weighted by Crippen LogP contribution is 2.41. The van der Waals surface area contributed by atoms with Crippen LogP contribution >= 0.6 is 0 Å². The molecule has 2 aliphatic heterocycles. The van der Waals surface area contributed by atoms with Gasteiger partial charge < -0.3 is 24.2 Å². The van der Waals surface area contributed by atoms with Crippen LogP contribution in [0.25, 0.3) is 0 Å². The lowest BCUT2D eigenvalue weighted by molar-refractivity contribution is -0.157. The van der Waals surface area contributed by atoms with E-state index in [1.165, 1.54) is 12.0 Å². The molecule has 1 aromatic carbocycles. The number of aliphatic carboxylic acids is 1. The summed E-state index contributed by atoms with van der Waals surface area (Å²) in [7, 11) is 3.08. The quantitative estimate of drug-likeness (QED) is 0.703. The van der Waals surface area contributed by atoms with E-state index in [2.05, 4.69) is 0 Å². The van der Waals surface area contributed by atoms with Gasteiger partial charge in [-0.05, 0) is 38.5 Å². The summed E-state index contributed by atoms with van der Waals surface area (Å²) in [6.45, 7) is 5.71. The first-order valence-corrected chi connectivity index (χ1v) is 9.78. The van der Waals surface area contributed by atoms with Gasteiger partial charge in [0.15, 0.2) is 11.5 Å². The van der Waals surface area contributed by atoms with Crippen molar-refractivity contribution in [1.29, 1.82) is 0 Å². The highest BCUT2D eigenvalue weighted by atomic mass is 16.6. The average Bonchev–Trinajstić information content (AvgIpc) is 2.99. The molecule has 0 spiro atoms. The van der Waals surface area contributed by atoms with Crippen LogP contribution in [-0.4, -0.2) is 71.3 Å². The second-order valence-corrected chi connectivity index (χ2v) is 8.58. The van der Waals surface area contributed by atoms with Crippen molar-refractivity contribution in [2.75, 3.05) is 20.8 Å². The normalized spacial score (nSPS) is 23.0. The number of hydrogen-bond acceptors (Lipinski definition) is 6. The first kappa shape index (κ1) is 21.7. The van der Waals surface area contributed by atoms with Crippen LogP contribution < -0.4 is 9.47 Å². The Morgan fingerprint density at radius 2 is 1.83 bits per heavy atom. The molecule has 164 valence electrons. The fourth-order valence-corrected chi connectivity index (χ4v) is 4.13. The highest BCUT2D eigenvalue weighted by molar-refractivity contribution is 5.93. The van der Waals surface area contributed by atoms with Crippen LogP contribution in [0.1, 0.15) is 32.8 Å². The Kier molecular flexibility index (Phi) is 5.83. The Bertz CT molecular complexity index is 848. The van der Waals surface area contributed by atoms with E-state index in [0.29, 0.717) is 18.0 Å². The molecule has 1 N–H and O–H groups in total. The van der Waals surface area contributed by atoms with E-state index in [1.54, 1.807) is 44.9 Å². The number of rotatable bonds is 6. The third-order valence-corrected chi connectivity index (χ3v) is 5.34. The summed E-state index contributed by atoms with van der Waals surface area (Å²) in [5, 5.41) is 9.31. The second-order valence-electron chi connectivity index (χ2n) is 8.58. The number of fused-ring (bicyclic) bond motifs is 1. The molecule has 0 bridgehead atoms. The van der Waals surface area contributed by atoms with Gasteiger partial charge in [0.25, 0.3) is 0 Å². The number of likely N-dealkylation sites (tertiary alicyclic amines) is 2. The van der Waals surface area contributed by atoms with Gasteiger partial charge in [0.1, 0.15) is 11.6 Å². The van der Waals surface area contributed by atoms with Gasteiger partial charge in [-0.1, -0.05) is 6.07 Å². The van der Waals surface area contributed by atoms with Crippen molar-refractivity contribution in [3.8, 4) is 11.5 Å². The lowest BCUT2D eigenvalue weighted by Gasteiger charge is -2.47. The molecule has 0 aliphatic carbocycles. The molecular formula is C21H28N2O7. The van der Waals surface area contributed by atoms with Gasteiger partial charge in [0.05, 0.1) is 26.7 Å². The topological polar surface area (TPSA) is 106 Å². The van der Waals surface area contributed by atoms with Crippen molar-refractivity contribution in [2.24, 2.45) is 5.92 Å². The molecule has 0 saturated carbocycles. The molecule has 3 rings (SSSR count). The van der Waals surface area contributed by atoms with Gasteiger partial charge in [-0.3, -0.25) is 14.5 Å². The Labute approximate surface area is 175 Å². The van der Waals surface area contributed by atoms with E-state index in [4.69, 9.17) is 14.2 Å². The monoisotopic (exact) mass is 420 g/mol. The zero-order valence-electron chi connectivity index (χ0n) is 17.9. The van der Waals surface area contributed by atoms with Crippen LogP contribution in [0.5, 0.6) is 11.5 Å². The second kappa shape index (κ2) is 8.04. The van der Waals surface area contributed by atoms with Crippen LogP contribution in [0.2, 0.25) is 0 Å². The maximum atomic E-state index is 12.9. The number of methoxy groups -OCH3 is 2. The van der Waals surface area contributed by atoms with Gasteiger partial charge in [-0.25, -0.2) is 4.79 Å². The lowest BCUT2D eigenvalue weighted by Crippen LogP contribution is -2.67. The molecule has 2 fully saturated rings. The Balaban J connectivity index is 1.81. The Morgan fingerprint density at radius 1 is 1.17 bits per heavy atom. The largest absolute Gasteiger partial charge is 0.493 e. The fourth-order valence-electron chi connectivity index (χ4n) is 4.13. The Morgan fingerprint density at radius 3 is 2.40 bits per heavy atom. The smallest absolute Gasteiger partial charge is 0.411 e. The van der Waals surface area contributed by atoms with E-state index in [-0.39, 0.29) is 30.8 Å². The number of amides is 2. The molecule has 2 aliphatic rings. The van der Waals surface area contributed by atoms with Crippen LogP contribution in [0, 0.1) is 5.92 Å². The maximum absolute atomic E-state index is 12.9. The van der Waals surface area contributed by atoms with Crippen LogP contribution in [0.15, 0.2) is 18.2 Å². The summed E-state index contributed by atoms with van der Waals surface area (Å²) in [6.07, 6.45) is -0.722. The van der Waals surface area contributed by atoms with Gasteiger partial charge in [0, 0.05) is 19.0 Å². The van der Waals surface area contributed by atoms with Gasteiger partial charge in [-0.15, -0.1) is 0 Å². The lowest BCUT2D eigenvalue weighted by atomic mass is 9.86. The zero-order chi connectivity index (χ0) is 22.2. The summed E-state index contributed by atoms with van der Waals surface area (Å²) in [5.74, 6) is -0.417. The first-order chi connectivity index (χ1) is 14.1. The number of nitrogens with zero attached hydrogens (tertiary/aromatic N) is 2. The van der Waals surface area contributed by atoms with E-state index in [1.807, 2.05) is 6.07 Å². The first-order valence-electron chi connectivity index (χ1n) is 9.78. The van der Waals surface area contributed by atoms with Crippen molar-refractivity contribution in [3.63, 3.8) is 0 Å². The average molecular weight is 420 g/mol. The molecule has 0 aromatic heterocycles. The summed E-state index contributed by atoms with van der Waals surface area (Å²) in [5.41, 5.74) is 0.119. The van der Waals surface area contributed by atoms with Crippen molar-refractivity contribution >= 4 is 18.0 Å². The summed E-state index contributed by atoms with van der Waals surface area (Å²) in [6, 6.07) is 4.31. The standard InChI is InChI=1S/C21H28N2O7/c1-21(2,3)30-20(27)23-11-13(9-16(24)25)17-18(23)19(26)22(17)10-12-6-7-14(28-4)15(8-12)29-5/h6-8,13,17-18H,9-11H2,1-5H3,(H,24,25)/t13-,17-,18+/m1/s1. The third kappa shape index (κ3) is 4.15. The highest BCUT2D eigenvalue weighted by Gasteiger charge is 2.60. The minimum atomic E-state index is -0.963. The van der Waals surface area contributed by atoms with Crippen molar-refractivity contribution in [2.45, 2.75) is 51.4 Å². The predicted octanol–water partition coefficient (Wildman–Crippen LogP) is 2.12. The predicted molar refractivity (Wildman–Crippen MR) is 106 cm³/mol. The molecule has 2 amide bonds. The van der Waals surface area contributed by atoms with Gasteiger partial charge in [0.2, 0.25) is 5.91 Å². The molecule has 3 atom stereocenters. The molecule has 0 radical (unpaired) electrons. The number of benzene rings is 1. The molecule has 2 saturated heterocycles. The molecular weight excluding hydrogens is 392 g/mol. The molecule has 30 heavy (non-hydrogen) atoms. The third-order valence-electron chi connectivity index (χ3n) is 5.34. The fraction of sp³-hybridized carbons (Fsp3) is 0.571. The van der Waals surface area contributed by atoms with Crippen LogP contribution in [0.3, 0.4) is 0 Å². The van der Waals surface area contributed by atoms with Crippen molar-refractivity contribution in [1.82, 2.24) is 9.80 Å². The van der Waals surface area contributed by atoms with E-state index < -0.39 is 23.7 Å². The molecule has 9 heteroatoms. The van der Waals surface area contributed by atoms with Crippen LogP contribution in [-0.2, 0) is 20.9 Å². The number of carboxylic acids is 1. The molecule has 9 nitrogen and oxygen atoms in total. The van der Waals surface area contributed by atoms with Gasteiger partial charge in [-0.2, -0.15) is 0 Å². The number of carbonyl (C=O) groups excluding carboxylic acids is 2. The Hall–Kier alpha value is -2.97. The minimum absolute atomic E-state index is 0.129. The number of carbonyl (C=O) groups is 3. The SMILES string of the molecule is COc1ccc(CN2C(=O)[C@@H]3[C@H]2[C@H](CC(=O)O)CN3C(=O)OC(C)(C)C)cc1OC. The molecule has 2 heterocycles. The van der Waals surface area contributed by atoms with E-state index in [9.17, 15) is 19.5 Å². The zero-order valence-corrected chi connectivity index (χ0v) is 17.9.